The number of amidine groups is 1. The minimum absolute atomic E-state index is 0.0181. The fourth-order valence-electron chi connectivity index (χ4n) is 8.23. The lowest BCUT2D eigenvalue weighted by molar-refractivity contribution is 0.429. The third-order valence-corrected chi connectivity index (χ3v) is 10.6. The topological polar surface area (TPSA) is 41.4 Å². The first-order valence-electron chi connectivity index (χ1n) is 17.5. The summed E-state index contributed by atoms with van der Waals surface area (Å²) < 4.78 is 2.51. The van der Waals surface area contributed by atoms with Crippen molar-refractivity contribution >= 4 is 55.3 Å². The molecule has 0 bridgehead atoms. The summed E-state index contributed by atoms with van der Waals surface area (Å²) in [6, 6.07) is 42.2. The van der Waals surface area contributed by atoms with Crippen molar-refractivity contribution in [2.75, 3.05) is 0 Å². The number of nitrogens with zero attached hydrogens (tertiary/aromatic N) is 2. The van der Waals surface area contributed by atoms with Crippen molar-refractivity contribution in [3.63, 3.8) is 0 Å². The first-order valence-corrected chi connectivity index (χ1v) is 17.5. The zero-order valence-electron chi connectivity index (χ0n) is 27.2. The molecule has 1 aliphatic heterocycles. The molecule has 2 heterocycles. The van der Waals surface area contributed by atoms with Gasteiger partial charge in [0.25, 0.3) is 0 Å². The molecule has 2 aliphatic carbocycles. The van der Waals surface area contributed by atoms with Gasteiger partial charge in [-0.05, 0) is 88.4 Å². The van der Waals surface area contributed by atoms with Gasteiger partial charge in [0.05, 0.1) is 16.7 Å². The summed E-state index contributed by atoms with van der Waals surface area (Å²) in [5.41, 5.74) is 10.0. The van der Waals surface area contributed by atoms with Crippen LogP contribution in [-0.4, -0.2) is 16.6 Å². The van der Waals surface area contributed by atoms with Crippen LogP contribution in [-0.2, 0) is 6.42 Å². The Morgan fingerprint density at radius 1 is 0.673 bits per heavy atom. The molecular weight excluding hydrogens is 597 g/mol. The third kappa shape index (κ3) is 4.67. The normalized spacial score (nSPS) is 18.9. The highest BCUT2D eigenvalue weighted by Crippen LogP contribution is 2.43. The van der Waals surface area contributed by atoms with Gasteiger partial charge in [0.1, 0.15) is 18.2 Å². The number of allylic oxidation sites excluding steroid dienone is 4. The SMILES string of the molecule is C1=CCCC(C2NC(c3ccccc3)=NC(c3cc(-n4c5ccc6c(c5c5c7ccccc7ccc54)C=CCC6)c4ccccc4c3)N2)=C1. The lowest BCUT2D eigenvalue weighted by Gasteiger charge is -2.34. The van der Waals surface area contributed by atoms with E-state index in [1.807, 2.05) is 0 Å². The van der Waals surface area contributed by atoms with Gasteiger partial charge in [-0.25, -0.2) is 4.99 Å². The summed E-state index contributed by atoms with van der Waals surface area (Å²) in [4.78, 5) is 5.35. The van der Waals surface area contributed by atoms with Crippen molar-refractivity contribution in [1.29, 1.82) is 0 Å². The van der Waals surface area contributed by atoms with E-state index in [4.69, 9.17) is 4.99 Å². The zero-order valence-corrected chi connectivity index (χ0v) is 27.2. The van der Waals surface area contributed by atoms with E-state index in [9.17, 15) is 0 Å². The molecule has 0 saturated carbocycles. The number of benzene rings is 6. The van der Waals surface area contributed by atoms with Gasteiger partial charge >= 0.3 is 0 Å². The highest BCUT2D eigenvalue weighted by atomic mass is 15.3. The molecule has 6 aromatic carbocycles. The lowest BCUT2D eigenvalue weighted by atomic mass is 9.92. The molecular formula is C45H36N4. The van der Waals surface area contributed by atoms with E-state index in [0.29, 0.717) is 0 Å². The molecule has 10 rings (SSSR count). The monoisotopic (exact) mass is 632 g/mol. The van der Waals surface area contributed by atoms with Gasteiger partial charge in [-0.3, -0.25) is 5.32 Å². The summed E-state index contributed by atoms with van der Waals surface area (Å²) in [5, 5.41) is 15.3. The minimum atomic E-state index is -0.235. The molecule has 2 unspecified atom stereocenters. The minimum Gasteiger partial charge on any atom is -0.351 e. The standard InChI is InChI=1S/C45H36N4/c1-3-15-31(16-4-1)43-46-44(32-17-5-2-6-18-32)48-45(47-43)34-27-33-19-9-10-20-35(33)40(28-34)49-38-25-23-29-13-7-11-21-36(29)41(38)42-37-22-12-8-14-30(37)24-26-39(42)49/h1-5,7,9-13,15-17,19-28,44-45,48H,6,8,14,18H2,(H,46,47). The Kier molecular flexibility index (Phi) is 6.63. The smallest absolute Gasteiger partial charge is 0.131 e. The molecule has 0 spiro atoms. The molecule has 0 amide bonds. The number of aryl methyl sites for hydroxylation is 1. The molecule has 2 atom stereocenters. The van der Waals surface area contributed by atoms with E-state index in [0.717, 1.165) is 42.6 Å². The van der Waals surface area contributed by atoms with Gasteiger partial charge in [-0.2, -0.15) is 0 Å². The molecule has 236 valence electrons. The number of aliphatic imine (C=N–C) groups is 1. The Bertz CT molecular complexity index is 2570. The van der Waals surface area contributed by atoms with Crippen LogP contribution in [0.25, 0.3) is 55.1 Å². The number of fused-ring (bicyclic) bond motifs is 8. The fraction of sp³-hybridized carbons (Fsp3) is 0.133. The number of hydrogen-bond acceptors (Lipinski definition) is 3. The van der Waals surface area contributed by atoms with Gasteiger partial charge < -0.3 is 9.88 Å². The van der Waals surface area contributed by atoms with Crippen LogP contribution < -0.4 is 10.6 Å². The van der Waals surface area contributed by atoms with Crippen molar-refractivity contribution in [3.05, 3.63) is 167 Å². The van der Waals surface area contributed by atoms with Crippen LogP contribution in [0.15, 0.2) is 150 Å². The maximum atomic E-state index is 5.35. The fourth-order valence-corrected chi connectivity index (χ4v) is 8.23. The highest BCUT2D eigenvalue weighted by molar-refractivity contribution is 6.24. The first kappa shape index (κ1) is 28.3. The van der Waals surface area contributed by atoms with E-state index in [-0.39, 0.29) is 12.3 Å². The van der Waals surface area contributed by atoms with Crippen LogP contribution in [0.5, 0.6) is 0 Å². The summed E-state index contributed by atoms with van der Waals surface area (Å²) >= 11 is 0. The quantitative estimate of drug-likeness (QED) is 0.203. The van der Waals surface area contributed by atoms with Crippen LogP contribution in [0.3, 0.4) is 0 Å². The number of aromatic nitrogens is 1. The molecule has 4 heteroatoms. The molecule has 0 saturated heterocycles. The summed E-state index contributed by atoms with van der Waals surface area (Å²) in [5.74, 6) is 0.918. The van der Waals surface area contributed by atoms with Gasteiger partial charge in [0.2, 0.25) is 0 Å². The molecule has 2 N–H and O–H groups in total. The average molecular weight is 633 g/mol. The Hall–Kier alpha value is -5.71. The molecule has 49 heavy (non-hydrogen) atoms. The van der Waals surface area contributed by atoms with E-state index < -0.39 is 0 Å². The summed E-state index contributed by atoms with van der Waals surface area (Å²) in [7, 11) is 0. The van der Waals surface area contributed by atoms with Gasteiger partial charge in [-0.15, -0.1) is 0 Å². The number of hydrogen-bond donors (Lipinski definition) is 2. The Morgan fingerprint density at radius 2 is 1.45 bits per heavy atom. The number of rotatable bonds is 4. The molecule has 0 fully saturated rings. The molecule has 4 nitrogen and oxygen atoms in total. The van der Waals surface area contributed by atoms with Crippen molar-refractivity contribution in [1.82, 2.24) is 15.2 Å². The molecule has 1 aromatic heterocycles. The van der Waals surface area contributed by atoms with Crippen molar-refractivity contribution in [3.8, 4) is 5.69 Å². The second-order valence-corrected chi connectivity index (χ2v) is 13.4. The second-order valence-electron chi connectivity index (χ2n) is 13.4. The van der Waals surface area contributed by atoms with E-state index in [1.54, 1.807) is 0 Å². The Morgan fingerprint density at radius 3 is 2.33 bits per heavy atom. The second kappa shape index (κ2) is 11.5. The molecule has 0 radical (unpaired) electrons. The van der Waals surface area contributed by atoms with E-state index >= 15 is 0 Å². The maximum Gasteiger partial charge on any atom is 0.131 e. The Balaban J connectivity index is 1.24. The largest absolute Gasteiger partial charge is 0.351 e. The predicted molar refractivity (Wildman–Crippen MR) is 205 cm³/mol. The van der Waals surface area contributed by atoms with Crippen molar-refractivity contribution in [2.24, 2.45) is 4.99 Å². The number of nitrogens with one attached hydrogen (secondary N) is 2. The molecule has 3 aliphatic rings. The zero-order chi connectivity index (χ0) is 32.3. The first-order chi connectivity index (χ1) is 24.3. The van der Waals surface area contributed by atoms with Crippen molar-refractivity contribution in [2.45, 2.75) is 38.0 Å². The van der Waals surface area contributed by atoms with Gasteiger partial charge in [0.15, 0.2) is 0 Å². The van der Waals surface area contributed by atoms with E-state index in [1.165, 1.54) is 65.7 Å². The van der Waals surface area contributed by atoms with Crippen LogP contribution in [0, 0.1) is 0 Å². The highest BCUT2D eigenvalue weighted by Gasteiger charge is 2.28. The third-order valence-electron chi connectivity index (χ3n) is 10.6. The van der Waals surface area contributed by atoms with E-state index in [2.05, 4.69) is 161 Å². The molecule has 7 aromatic rings. The van der Waals surface area contributed by atoms with Crippen LogP contribution >= 0.6 is 0 Å². The van der Waals surface area contributed by atoms with Crippen LogP contribution in [0.4, 0.5) is 0 Å². The van der Waals surface area contributed by atoms with Crippen LogP contribution in [0.1, 0.15) is 47.7 Å². The summed E-state index contributed by atoms with van der Waals surface area (Å²) in [6.45, 7) is 0. The van der Waals surface area contributed by atoms with Crippen molar-refractivity contribution < 1.29 is 0 Å². The van der Waals surface area contributed by atoms with Gasteiger partial charge in [-0.1, -0.05) is 121 Å². The van der Waals surface area contributed by atoms with Crippen LogP contribution in [0.2, 0.25) is 0 Å². The maximum absolute atomic E-state index is 5.35. The Labute approximate surface area is 285 Å². The lowest BCUT2D eigenvalue weighted by Crippen LogP contribution is -2.52. The van der Waals surface area contributed by atoms with Gasteiger partial charge in [0, 0.05) is 21.7 Å². The average Bonchev–Trinajstić information content (AvgIpc) is 3.53. The summed E-state index contributed by atoms with van der Waals surface area (Å²) in [6.07, 6.45) is 15.4. The predicted octanol–water partition coefficient (Wildman–Crippen LogP) is 10.3.